The molecule has 7 nitrogen and oxygen atoms in total. The Morgan fingerprint density at radius 3 is 1.17 bits per heavy atom. The van der Waals surface area contributed by atoms with Crippen LogP contribution in [0.1, 0.15) is 48.2 Å². The van der Waals surface area contributed by atoms with Gasteiger partial charge in [-0.05, 0) is 73.5 Å². The van der Waals surface area contributed by atoms with E-state index in [0.29, 0.717) is 24.5 Å². The third kappa shape index (κ3) is 9.61. The summed E-state index contributed by atoms with van der Waals surface area (Å²) < 4.78 is 80.3. The van der Waals surface area contributed by atoms with E-state index in [-0.39, 0.29) is 12.1 Å². The zero-order valence-corrected chi connectivity index (χ0v) is 25.7. The first-order valence-corrected chi connectivity index (χ1v) is 14.9. The molecule has 0 aliphatic carbocycles. The molecule has 0 bridgehead atoms. The molecule has 2 heterocycles. The average Bonchev–Trinajstić information content (AvgIpc) is 3.77. The van der Waals surface area contributed by atoms with Gasteiger partial charge in [0, 0.05) is 13.2 Å². The van der Waals surface area contributed by atoms with Crippen molar-refractivity contribution in [3.05, 3.63) is 131 Å². The second-order valence-electron chi connectivity index (χ2n) is 10.2. The van der Waals surface area contributed by atoms with Gasteiger partial charge in [0.05, 0.1) is 35.6 Å². The Hall–Kier alpha value is -4.78. The van der Waals surface area contributed by atoms with Gasteiger partial charge < -0.3 is 4.74 Å². The molecule has 0 unspecified atom stereocenters. The number of hydrogen-bond acceptors (Lipinski definition) is 7. The molecule has 47 heavy (non-hydrogen) atoms. The number of hydrogen-bond donors (Lipinski definition) is 0. The van der Waals surface area contributed by atoms with E-state index in [1.165, 1.54) is 24.3 Å². The van der Waals surface area contributed by atoms with Gasteiger partial charge in [0.15, 0.2) is 0 Å². The number of anilines is 2. The number of halogens is 6. The van der Waals surface area contributed by atoms with Gasteiger partial charge in [0.2, 0.25) is 0 Å². The molecule has 4 aromatic carbocycles. The average molecular weight is 657 g/mol. The fraction of sp³-hybridized carbons (Fsp3) is 0.294. The van der Waals surface area contributed by atoms with Crippen molar-refractivity contribution in [1.29, 1.82) is 0 Å². The zero-order chi connectivity index (χ0) is 33.9. The fourth-order valence-corrected chi connectivity index (χ4v) is 4.76. The molecule has 0 aromatic heterocycles. The van der Waals surface area contributed by atoms with Gasteiger partial charge in [-0.1, -0.05) is 71.1 Å². The van der Waals surface area contributed by atoms with Crippen LogP contribution in [0.3, 0.4) is 0 Å². The highest BCUT2D eigenvalue weighted by Gasteiger charge is 2.32. The van der Waals surface area contributed by atoms with Gasteiger partial charge in [-0.25, -0.2) is 10.0 Å². The van der Waals surface area contributed by atoms with E-state index in [4.69, 9.17) is 4.74 Å². The summed E-state index contributed by atoms with van der Waals surface area (Å²) in [6.45, 7) is 6.65. The molecule has 0 N–H and O–H groups in total. The zero-order valence-electron chi connectivity index (χ0n) is 25.7. The Bertz CT molecular complexity index is 1440. The van der Waals surface area contributed by atoms with Gasteiger partial charge in [-0.15, -0.1) is 0 Å². The largest absolute Gasteiger partial charge is 0.416 e. The predicted molar refractivity (Wildman–Crippen MR) is 168 cm³/mol. The van der Waals surface area contributed by atoms with Gasteiger partial charge in [-0.3, -0.25) is 0 Å². The minimum absolute atomic E-state index is 0.0806. The van der Waals surface area contributed by atoms with Gasteiger partial charge in [-0.2, -0.15) is 36.6 Å². The molecule has 13 heteroatoms. The van der Waals surface area contributed by atoms with E-state index in [1.54, 1.807) is 10.0 Å². The van der Waals surface area contributed by atoms with E-state index in [2.05, 4.69) is 20.7 Å². The van der Waals surface area contributed by atoms with Gasteiger partial charge in [0.25, 0.3) is 0 Å². The first-order chi connectivity index (χ1) is 22.5. The van der Waals surface area contributed by atoms with Crippen LogP contribution in [-0.4, -0.2) is 26.3 Å². The highest BCUT2D eigenvalue weighted by atomic mass is 19.4. The summed E-state index contributed by atoms with van der Waals surface area (Å²) in [4.78, 5) is 0. The summed E-state index contributed by atoms with van der Waals surface area (Å²) in [6.07, 6.45) is -8.66. The van der Waals surface area contributed by atoms with E-state index in [0.717, 1.165) is 48.6 Å². The van der Waals surface area contributed by atoms with Crippen molar-refractivity contribution in [2.75, 3.05) is 36.3 Å². The smallest absolute Gasteiger partial charge is 0.382 e. The van der Waals surface area contributed by atoms with Gasteiger partial charge >= 0.3 is 12.4 Å². The molecule has 2 aliphatic heterocycles. The maximum absolute atomic E-state index is 12.6. The maximum atomic E-state index is 12.6. The first-order valence-electron chi connectivity index (χ1n) is 14.9. The SMILES string of the molecule is CCOCC.FC(F)(F)c1ccc(N2N=NC[C@@H]2c2ccccc2)cc1.FC(F)(F)c1ccc(N2N=NC[C@H]2c2ccccc2)cc1. The van der Waals surface area contributed by atoms with Crippen molar-refractivity contribution in [3.63, 3.8) is 0 Å². The topological polar surface area (TPSA) is 65.2 Å². The van der Waals surface area contributed by atoms with Crippen LogP contribution >= 0.6 is 0 Å². The second kappa shape index (κ2) is 16.2. The van der Waals surface area contributed by atoms with E-state index in [1.807, 2.05) is 74.5 Å². The Labute approximate surface area is 269 Å². The number of nitrogens with zero attached hydrogens (tertiary/aromatic N) is 6. The maximum Gasteiger partial charge on any atom is 0.416 e. The molecule has 0 radical (unpaired) electrons. The van der Waals surface area contributed by atoms with Crippen molar-refractivity contribution >= 4 is 11.4 Å². The molecule has 0 fully saturated rings. The van der Waals surface area contributed by atoms with Crippen LogP contribution in [0, 0.1) is 0 Å². The standard InChI is InChI=1S/2C15H12F3N3.C4H10O/c2*16-15(17,18)12-6-8-13(9-7-12)21-14(10-19-20-21)11-4-2-1-3-5-11;1-3-5-4-2/h2*1-9,14H,10H2;3-4H2,1-2H3/t2*14-;/m10./s1. The summed E-state index contributed by atoms with van der Waals surface area (Å²) in [5, 5.41) is 19.4. The van der Waals surface area contributed by atoms with Crippen LogP contribution < -0.4 is 10.0 Å². The summed E-state index contributed by atoms with van der Waals surface area (Å²) >= 11 is 0. The monoisotopic (exact) mass is 656 g/mol. The lowest BCUT2D eigenvalue weighted by Gasteiger charge is -2.22. The van der Waals surface area contributed by atoms with Crippen molar-refractivity contribution in [1.82, 2.24) is 0 Å². The summed E-state index contributed by atoms with van der Waals surface area (Å²) in [6, 6.07) is 29.1. The number of ether oxygens (including phenoxy) is 1. The normalized spacial score (nSPS) is 17.2. The Balaban J connectivity index is 0.000000186. The van der Waals surface area contributed by atoms with Crippen LogP contribution in [0.2, 0.25) is 0 Å². The van der Waals surface area contributed by atoms with Crippen molar-refractivity contribution in [2.24, 2.45) is 20.7 Å². The molecule has 2 atom stereocenters. The van der Waals surface area contributed by atoms with E-state index >= 15 is 0 Å². The number of alkyl halides is 6. The lowest BCUT2D eigenvalue weighted by Crippen LogP contribution is -2.20. The highest BCUT2D eigenvalue weighted by molar-refractivity contribution is 5.51. The van der Waals surface area contributed by atoms with Crippen molar-refractivity contribution < 1.29 is 31.1 Å². The van der Waals surface area contributed by atoms with Crippen LogP contribution in [-0.2, 0) is 17.1 Å². The second-order valence-corrected chi connectivity index (χ2v) is 10.2. The summed E-state index contributed by atoms with van der Waals surface area (Å²) in [5.41, 5.74) is 1.92. The first kappa shape index (κ1) is 35.1. The fourth-order valence-electron chi connectivity index (χ4n) is 4.76. The quantitative estimate of drug-likeness (QED) is 0.194. The van der Waals surface area contributed by atoms with E-state index in [9.17, 15) is 26.3 Å². The Kier molecular flexibility index (Phi) is 12.1. The molecule has 6 rings (SSSR count). The lowest BCUT2D eigenvalue weighted by atomic mass is 10.1. The molecular formula is C34H34F6N6O. The molecule has 4 aromatic rings. The third-order valence-corrected chi connectivity index (χ3v) is 7.11. The van der Waals surface area contributed by atoms with Crippen LogP contribution in [0.4, 0.5) is 37.7 Å². The number of rotatable bonds is 6. The Morgan fingerprint density at radius 1 is 0.553 bits per heavy atom. The van der Waals surface area contributed by atoms with E-state index < -0.39 is 23.5 Å². The molecule has 248 valence electrons. The summed E-state index contributed by atoms with van der Waals surface area (Å²) in [5.74, 6) is 0. The lowest BCUT2D eigenvalue weighted by molar-refractivity contribution is -0.138. The molecule has 0 amide bonds. The van der Waals surface area contributed by atoms with Gasteiger partial charge in [0.1, 0.15) is 12.1 Å². The summed E-state index contributed by atoms with van der Waals surface area (Å²) in [7, 11) is 0. The number of benzene rings is 4. The molecule has 0 spiro atoms. The van der Waals surface area contributed by atoms with Crippen LogP contribution in [0.15, 0.2) is 130 Å². The molecular weight excluding hydrogens is 622 g/mol. The van der Waals surface area contributed by atoms with Crippen LogP contribution in [0.25, 0.3) is 0 Å². The highest BCUT2D eigenvalue weighted by Crippen LogP contribution is 2.36. The molecule has 0 saturated carbocycles. The van der Waals surface area contributed by atoms with Crippen LogP contribution in [0.5, 0.6) is 0 Å². The minimum Gasteiger partial charge on any atom is -0.382 e. The predicted octanol–water partition coefficient (Wildman–Crippen LogP) is 10.3. The van der Waals surface area contributed by atoms with Crippen molar-refractivity contribution in [3.8, 4) is 0 Å². The molecule has 2 aliphatic rings. The third-order valence-electron chi connectivity index (χ3n) is 7.11. The molecule has 0 saturated heterocycles. The Morgan fingerprint density at radius 2 is 0.894 bits per heavy atom. The van der Waals surface area contributed by atoms with Crippen molar-refractivity contribution in [2.45, 2.75) is 38.3 Å². The minimum atomic E-state index is -4.33.